The molecule has 2 heterocycles. The monoisotopic (exact) mass is 232 g/mol. The van der Waals surface area contributed by atoms with Gasteiger partial charge in [-0.25, -0.2) is 0 Å². The molecule has 2 nitrogen and oxygen atoms in total. The third kappa shape index (κ3) is 3.43. The van der Waals surface area contributed by atoms with Gasteiger partial charge in [-0.1, -0.05) is 12.1 Å². The van der Waals surface area contributed by atoms with Crippen molar-refractivity contribution in [1.82, 2.24) is 4.98 Å². The van der Waals surface area contributed by atoms with Crippen LogP contribution in [-0.2, 0) is 12.8 Å². The summed E-state index contributed by atoms with van der Waals surface area (Å²) < 4.78 is 0. The highest BCUT2D eigenvalue weighted by Gasteiger charge is 2.05. The summed E-state index contributed by atoms with van der Waals surface area (Å²) in [4.78, 5) is 5.47. The molecule has 0 aromatic carbocycles. The molecule has 1 atom stereocenters. The van der Waals surface area contributed by atoms with Crippen molar-refractivity contribution in [2.75, 3.05) is 0 Å². The average Bonchev–Trinajstić information content (AvgIpc) is 2.81. The van der Waals surface area contributed by atoms with Crippen LogP contribution in [0.25, 0.3) is 0 Å². The van der Waals surface area contributed by atoms with E-state index >= 15 is 0 Å². The van der Waals surface area contributed by atoms with E-state index in [1.165, 1.54) is 10.4 Å². The molecule has 16 heavy (non-hydrogen) atoms. The molecule has 0 aliphatic heterocycles. The first-order valence-electron chi connectivity index (χ1n) is 5.51. The molecule has 2 aromatic heterocycles. The van der Waals surface area contributed by atoms with Crippen molar-refractivity contribution in [2.24, 2.45) is 5.73 Å². The summed E-state index contributed by atoms with van der Waals surface area (Å²) in [5.41, 5.74) is 7.37. The van der Waals surface area contributed by atoms with Crippen LogP contribution in [0.1, 0.15) is 16.9 Å². The Morgan fingerprint density at radius 2 is 2.25 bits per heavy atom. The van der Waals surface area contributed by atoms with Crippen LogP contribution >= 0.6 is 11.3 Å². The summed E-state index contributed by atoms with van der Waals surface area (Å²) >= 11 is 1.78. The Balaban J connectivity index is 1.78. The molecule has 0 aliphatic carbocycles. The van der Waals surface area contributed by atoms with Crippen LogP contribution in [0.5, 0.6) is 0 Å². The number of thiophene rings is 1. The van der Waals surface area contributed by atoms with Crippen molar-refractivity contribution in [2.45, 2.75) is 25.3 Å². The van der Waals surface area contributed by atoms with Crippen LogP contribution in [0.4, 0.5) is 0 Å². The number of nitrogens with zero attached hydrogens (tertiary/aromatic N) is 1. The standard InChI is InChI=1S/C13H16N2S/c14-12(9-13-4-2-8-16-13)6-5-11-3-1-7-15-10-11/h1-4,7-8,10,12H,5-6,9,14H2. The van der Waals surface area contributed by atoms with Gasteiger partial charge < -0.3 is 5.73 Å². The van der Waals surface area contributed by atoms with Gasteiger partial charge in [0.25, 0.3) is 0 Å². The predicted octanol–water partition coefficient (Wildman–Crippen LogP) is 2.65. The van der Waals surface area contributed by atoms with Gasteiger partial charge in [0.2, 0.25) is 0 Å². The average molecular weight is 232 g/mol. The fourth-order valence-electron chi connectivity index (χ4n) is 1.69. The molecule has 84 valence electrons. The number of hydrogen-bond donors (Lipinski definition) is 1. The van der Waals surface area contributed by atoms with Crippen LogP contribution < -0.4 is 5.73 Å². The van der Waals surface area contributed by atoms with Gasteiger partial charge in [-0.15, -0.1) is 11.3 Å². The minimum atomic E-state index is 0.249. The number of aryl methyl sites for hydroxylation is 1. The van der Waals surface area contributed by atoms with E-state index in [9.17, 15) is 0 Å². The molecule has 2 N–H and O–H groups in total. The molecule has 0 saturated carbocycles. The number of pyridine rings is 1. The first kappa shape index (κ1) is 11.3. The lowest BCUT2D eigenvalue weighted by Crippen LogP contribution is -2.23. The quantitative estimate of drug-likeness (QED) is 0.860. The molecular weight excluding hydrogens is 216 g/mol. The number of rotatable bonds is 5. The van der Waals surface area contributed by atoms with E-state index in [-0.39, 0.29) is 6.04 Å². The van der Waals surface area contributed by atoms with Crippen molar-refractivity contribution in [3.63, 3.8) is 0 Å². The van der Waals surface area contributed by atoms with Gasteiger partial charge in [-0.2, -0.15) is 0 Å². The van der Waals surface area contributed by atoms with Gasteiger partial charge in [-0.05, 0) is 42.3 Å². The Morgan fingerprint density at radius 1 is 1.31 bits per heavy atom. The van der Waals surface area contributed by atoms with Crippen LogP contribution in [0.3, 0.4) is 0 Å². The molecular formula is C13H16N2S. The van der Waals surface area contributed by atoms with E-state index in [0.29, 0.717) is 0 Å². The summed E-state index contributed by atoms with van der Waals surface area (Å²) in [5, 5.41) is 2.10. The van der Waals surface area contributed by atoms with Gasteiger partial charge in [0, 0.05) is 23.3 Å². The third-order valence-corrected chi connectivity index (χ3v) is 3.47. The molecule has 0 saturated heterocycles. The van der Waals surface area contributed by atoms with Gasteiger partial charge in [0.05, 0.1) is 0 Å². The Hall–Kier alpha value is -1.19. The Morgan fingerprint density at radius 3 is 2.94 bits per heavy atom. The Bertz CT molecular complexity index is 397. The lowest BCUT2D eigenvalue weighted by atomic mass is 10.0. The molecule has 0 aliphatic rings. The number of hydrogen-bond acceptors (Lipinski definition) is 3. The van der Waals surface area contributed by atoms with E-state index in [0.717, 1.165) is 19.3 Å². The highest BCUT2D eigenvalue weighted by molar-refractivity contribution is 7.09. The zero-order chi connectivity index (χ0) is 11.2. The predicted molar refractivity (Wildman–Crippen MR) is 68.6 cm³/mol. The first-order chi connectivity index (χ1) is 7.84. The van der Waals surface area contributed by atoms with E-state index in [4.69, 9.17) is 5.73 Å². The summed E-state index contributed by atoms with van der Waals surface area (Å²) in [5.74, 6) is 0. The van der Waals surface area contributed by atoms with Gasteiger partial charge >= 0.3 is 0 Å². The minimum absolute atomic E-state index is 0.249. The second kappa shape index (κ2) is 5.77. The van der Waals surface area contributed by atoms with Gasteiger partial charge in [0.1, 0.15) is 0 Å². The third-order valence-electron chi connectivity index (χ3n) is 2.57. The highest BCUT2D eigenvalue weighted by atomic mass is 32.1. The molecule has 0 bridgehead atoms. The minimum Gasteiger partial charge on any atom is -0.327 e. The smallest absolute Gasteiger partial charge is 0.0299 e. The largest absolute Gasteiger partial charge is 0.327 e. The zero-order valence-electron chi connectivity index (χ0n) is 9.17. The fraction of sp³-hybridized carbons (Fsp3) is 0.308. The first-order valence-corrected chi connectivity index (χ1v) is 6.39. The second-order valence-electron chi connectivity index (χ2n) is 3.94. The van der Waals surface area contributed by atoms with E-state index in [2.05, 4.69) is 28.6 Å². The number of aromatic nitrogens is 1. The SMILES string of the molecule is NC(CCc1cccnc1)Cc1cccs1. The normalized spacial score (nSPS) is 12.6. The maximum absolute atomic E-state index is 6.10. The van der Waals surface area contributed by atoms with Crippen molar-refractivity contribution in [1.29, 1.82) is 0 Å². The van der Waals surface area contributed by atoms with Gasteiger partial charge in [-0.3, -0.25) is 4.98 Å². The molecule has 1 unspecified atom stereocenters. The van der Waals surface area contributed by atoms with Crippen LogP contribution in [0, 0.1) is 0 Å². The summed E-state index contributed by atoms with van der Waals surface area (Å²) in [7, 11) is 0. The fourth-order valence-corrected chi connectivity index (χ4v) is 2.49. The van der Waals surface area contributed by atoms with Crippen LogP contribution in [-0.4, -0.2) is 11.0 Å². The molecule has 2 rings (SSSR count). The van der Waals surface area contributed by atoms with Crippen LogP contribution in [0.2, 0.25) is 0 Å². The molecule has 0 radical (unpaired) electrons. The van der Waals surface area contributed by atoms with Crippen molar-refractivity contribution < 1.29 is 0 Å². The van der Waals surface area contributed by atoms with E-state index in [1.807, 2.05) is 12.3 Å². The molecule has 0 fully saturated rings. The number of nitrogens with two attached hydrogens (primary N) is 1. The molecule has 0 spiro atoms. The Labute approximate surface area is 100 Å². The molecule has 0 amide bonds. The summed E-state index contributed by atoms with van der Waals surface area (Å²) in [6.07, 6.45) is 6.73. The topological polar surface area (TPSA) is 38.9 Å². The summed E-state index contributed by atoms with van der Waals surface area (Å²) in [6, 6.07) is 8.55. The van der Waals surface area contributed by atoms with E-state index < -0.39 is 0 Å². The lowest BCUT2D eigenvalue weighted by Gasteiger charge is -2.09. The molecule has 2 aromatic rings. The van der Waals surface area contributed by atoms with Crippen LogP contribution in [0.15, 0.2) is 42.0 Å². The van der Waals surface area contributed by atoms with E-state index in [1.54, 1.807) is 17.5 Å². The molecule has 3 heteroatoms. The Kier molecular flexibility index (Phi) is 4.08. The zero-order valence-corrected chi connectivity index (χ0v) is 9.99. The summed E-state index contributed by atoms with van der Waals surface area (Å²) in [6.45, 7) is 0. The lowest BCUT2D eigenvalue weighted by molar-refractivity contribution is 0.614. The van der Waals surface area contributed by atoms with Crippen molar-refractivity contribution in [3.05, 3.63) is 52.5 Å². The van der Waals surface area contributed by atoms with Gasteiger partial charge in [0.15, 0.2) is 0 Å². The van der Waals surface area contributed by atoms with Crippen molar-refractivity contribution >= 4 is 11.3 Å². The van der Waals surface area contributed by atoms with Crippen molar-refractivity contribution in [3.8, 4) is 0 Å². The maximum Gasteiger partial charge on any atom is 0.0299 e. The highest BCUT2D eigenvalue weighted by Crippen LogP contribution is 2.12. The maximum atomic E-state index is 6.10. The second-order valence-corrected chi connectivity index (χ2v) is 4.98.